The van der Waals surface area contributed by atoms with Gasteiger partial charge in [0.15, 0.2) is 0 Å². The fraction of sp³-hybridized carbons (Fsp3) is 0.222. The Bertz CT molecular complexity index is 684. The van der Waals surface area contributed by atoms with Gasteiger partial charge in [-0.2, -0.15) is 4.57 Å². The lowest BCUT2D eigenvalue weighted by molar-refractivity contribution is -0.582. The van der Waals surface area contributed by atoms with Gasteiger partial charge in [-0.15, -0.1) is 6.58 Å². The molecule has 2 heterocycles. The first kappa shape index (κ1) is 14.5. The molecule has 1 aromatic carbocycles. The first-order valence-electron chi connectivity index (χ1n) is 7.34. The highest BCUT2D eigenvalue weighted by Gasteiger charge is 2.40. The molecular weight excluding hydrogens is 276 g/mol. The molecule has 1 aliphatic rings. The number of nitrogens with zero attached hydrogens (tertiary/aromatic N) is 2. The van der Waals surface area contributed by atoms with Crippen molar-refractivity contribution in [2.75, 3.05) is 4.90 Å². The number of anilines is 1. The van der Waals surface area contributed by atoms with Crippen molar-refractivity contribution < 1.29 is 14.5 Å². The Morgan fingerprint density at radius 2 is 1.91 bits per heavy atom. The third-order valence-electron chi connectivity index (χ3n) is 3.96. The highest BCUT2D eigenvalue weighted by Crippen LogP contribution is 2.25. The van der Waals surface area contributed by atoms with Gasteiger partial charge >= 0.3 is 5.91 Å². The van der Waals surface area contributed by atoms with Crippen molar-refractivity contribution in [3.8, 4) is 0 Å². The molecule has 0 radical (unpaired) electrons. The number of rotatable bonds is 4. The first-order valence-corrected chi connectivity index (χ1v) is 7.34. The van der Waals surface area contributed by atoms with Gasteiger partial charge in [-0.25, -0.2) is 4.79 Å². The zero-order valence-electron chi connectivity index (χ0n) is 12.3. The molecule has 2 unspecified atom stereocenters. The smallest absolute Gasteiger partial charge is 0.320 e. The third-order valence-corrected chi connectivity index (χ3v) is 3.96. The number of carbonyl (C=O) groups is 1. The van der Waals surface area contributed by atoms with E-state index in [1.807, 2.05) is 42.5 Å². The monoisotopic (exact) mass is 294 g/mol. The zero-order valence-corrected chi connectivity index (χ0v) is 12.3. The second kappa shape index (κ2) is 6.12. The molecule has 112 valence electrons. The normalized spacial score (nSPS) is 20.6. The molecule has 2 atom stereocenters. The predicted octanol–water partition coefficient (Wildman–Crippen LogP) is 1.51. The average Bonchev–Trinajstić information content (AvgIpc) is 2.56. The van der Waals surface area contributed by atoms with E-state index >= 15 is 0 Å². The average molecular weight is 294 g/mol. The summed E-state index contributed by atoms with van der Waals surface area (Å²) in [5.74, 6) is -0.113. The van der Waals surface area contributed by atoms with E-state index in [0.29, 0.717) is 18.8 Å². The van der Waals surface area contributed by atoms with Crippen LogP contribution in [0.5, 0.6) is 0 Å². The summed E-state index contributed by atoms with van der Waals surface area (Å²) in [6, 6.07) is 15.3. The second-order valence-corrected chi connectivity index (χ2v) is 5.40. The van der Waals surface area contributed by atoms with E-state index in [9.17, 15) is 9.90 Å². The molecule has 0 fully saturated rings. The summed E-state index contributed by atoms with van der Waals surface area (Å²) in [6.07, 6.45) is 2.65. The molecule has 4 heteroatoms. The highest BCUT2D eigenvalue weighted by atomic mass is 16.3. The topological polar surface area (TPSA) is 47.2 Å². The summed E-state index contributed by atoms with van der Waals surface area (Å²) in [4.78, 5) is 14.3. The van der Waals surface area contributed by atoms with Gasteiger partial charge < -0.3 is 5.11 Å². The Balaban J connectivity index is 2.01. The van der Waals surface area contributed by atoms with Gasteiger partial charge in [-0.3, -0.25) is 4.90 Å². The quantitative estimate of drug-likeness (QED) is 0.634. The maximum atomic E-state index is 12.8. The molecule has 1 aliphatic heterocycles. The van der Waals surface area contributed by atoms with Crippen LogP contribution in [0.3, 0.4) is 0 Å². The summed E-state index contributed by atoms with van der Waals surface area (Å²) in [7, 11) is 0. The Labute approximate surface area is 129 Å². The summed E-state index contributed by atoms with van der Waals surface area (Å²) in [5.41, 5.74) is 1.05. The lowest BCUT2D eigenvalue weighted by Crippen LogP contribution is -2.66. The van der Waals surface area contributed by atoms with Gasteiger partial charge in [0.25, 0.3) is 5.82 Å². The fourth-order valence-electron chi connectivity index (χ4n) is 2.85. The number of hydrogen-bond acceptors (Lipinski definition) is 3. The predicted molar refractivity (Wildman–Crippen MR) is 82.0 cm³/mol. The van der Waals surface area contributed by atoms with Crippen LogP contribution in [0.15, 0.2) is 67.4 Å². The number of benzene rings is 1. The molecule has 0 saturated carbocycles. The molecule has 22 heavy (non-hydrogen) atoms. The van der Waals surface area contributed by atoms with E-state index in [4.69, 9.17) is 0 Å². The molecule has 3 rings (SSSR count). The summed E-state index contributed by atoms with van der Waals surface area (Å²) in [6.45, 7) is 4.16. The number of allylic oxidation sites excluding steroid dienone is 1. The van der Waals surface area contributed by atoms with Crippen molar-refractivity contribution in [3.05, 3.63) is 72.9 Å². The van der Waals surface area contributed by atoms with Gasteiger partial charge in [0.05, 0.1) is 12.1 Å². The highest BCUT2D eigenvalue weighted by molar-refractivity contribution is 5.74. The van der Waals surface area contributed by atoms with Crippen molar-refractivity contribution in [2.45, 2.75) is 19.2 Å². The minimum absolute atomic E-state index is 0.153. The Kier molecular flexibility index (Phi) is 4.02. The van der Waals surface area contributed by atoms with Crippen LogP contribution < -0.4 is 14.6 Å². The SMILES string of the molecule is C=CCC1C(=O)[n+]2ccccc2N(Cc2ccccc2)C1[O-]. The standard InChI is InChI=1S/C18H18N2O2/c1-2-8-15-17(21)19-12-7-6-11-16(19)20(18(15)22)13-14-9-4-3-5-10-14/h2-7,9-12,15,18H,1,8,13H2. The molecule has 0 N–H and O–H groups in total. The van der Waals surface area contributed by atoms with Crippen molar-refractivity contribution in [2.24, 2.45) is 5.92 Å². The summed E-state index contributed by atoms with van der Waals surface area (Å²) < 4.78 is 1.57. The number of carbonyl (C=O) groups excluding carboxylic acids is 1. The molecular formula is C18H18N2O2. The maximum Gasteiger partial charge on any atom is 0.320 e. The molecule has 0 aliphatic carbocycles. The van der Waals surface area contributed by atoms with E-state index in [1.165, 1.54) is 0 Å². The Morgan fingerprint density at radius 1 is 1.18 bits per heavy atom. The zero-order chi connectivity index (χ0) is 15.5. The lowest BCUT2D eigenvalue weighted by atomic mass is 9.98. The fourth-order valence-corrected chi connectivity index (χ4v) is 2.85. The van der Waals surface area contributed by atoms with E-state index in [2.05, 4.69) is 6.58 Å². The van der Waals surface area contributed by atoms with E-state index in [1.54, 1.807) is 27.8 Å². The number of fused-ring (bicyclic) bond motifs is 1. The molecule has 0 saturated heterocycles. The van der Waals surface area contributed by atoms with Crippen LogP contribution in [0.1, 0.15) is 16.8 Å². The number of hydrogen-bond donors (Lipinski definition) is 0. The van der Waals surface area contributed by atoms with Gasteiger partial charge in [-0.1, -0.05) is 42.5 Å². The van der Waals surface area contributed by atoms with Crippen LogP contribution in [0.4, 0.5) is 5.82 Å². The van der Waals surface area contributed by atoms with E-state index in [-0.39, 0.29) is 5.91 Å². The largest absolute Gasteiger partial charge is 0.817 e. The third kappa shape index (κ3) is 2.53. The lowest BCUT2D eigenvalue weighted by Gasteiger charge is -2.39. The molecule has 1 aromatic heterocycles. The second-order valence-electron chi connectivity index (χ2n) is 5.40. The maximum absolute atomic E-state index is 12.8. The van der Waals surface area contributed by atoms with Gasteiger partial charge in [0, 0.05) is 12.3 Å². The number of aromatic nitrogens is 1. The van der Waals surface area contributed by atoms with Crippen molar-refractivity contribution in [3.63, 3.8) is 0 Å². The molecule has 4 nitrogen and oxygen atoms in total. The molecule has 0 amide bonds. The van der Waals surface area contributed by atoms with Gasteiger partial charge in [0.1, 0.15) is 6.54 Å². The van der Waals surface area contributed by atoms with Crippen LogP contribution in [0.2, 0.25) is 0 Å². The Hall–Kier alpha value is -2.46. The van der Waals surface area contributed by atoms with Crippen LogP contribution >= 0.6 is 0 Å². The van der Waals surface area contributed by atoms with Crippen LogP contribution in [-0.2, 0) is 6.54 Å². The molecule has 0 bridgehead atoms. The van der Waals surface area contributed by atoms with Crippen LogP contribution in [0.25, 0.3) is 0 Å². The first-order chi connectivity index (χ1) is 10.7. The minimum Gasteiger partial charge on any atom is -0.817 e. The van der Waals surface area contributed by atoms with Crippen LogP contribution in [-0.4, -0.2) is 12.1 Å². The molecule has 0 spiro atoms. The van der Waals surface area contributed by atoms with Crippen molar-refractivity contribution >= 4 is 11.7 Å². The minimum atomic E-state index is -1.10. The van der Waals surface area contributed by atoms with Crippen LogP contribution in [0, 0.1) is 5.92 Å². The van der Waals surface area contributed by atoms with Gasteiger partial charge in [-0.05, 0) is 18.1 Å². The summed E-state index contributed by atoms with van der Waals surface area (Å²) >= 11 is 0. The number of pyridine rings is 1. The van der Waals surface area contributed by atoms with E-state index < -0.39 is 12.1 Å². The van der Waals surface area contributed by atoms with Gasteiger partial charge in [0.2, 0.25) is 0 Å². The Morgan fingerprint density at radius 3 is 2.64 bits per heavy atom. The summed E-state index contributed by atoms with van der Waals surface area (Å²) in [5, 5.41) is 12.8. The molecule has 2 aromatic rings. The van der Waals surface area contributed by atoms with E-state index in [0.717, 1.165) is 5.56 Å². The van der Waals surface area contributed by atoms with Crippen molar-refractivity contribution in [1.29, 1.82) is 0 Å². The van der Waals surface area contributed by atoms with Crippen molar-refractivity contribution in [1.82, 2.24) is 0 Å².